The summed E-state index contributed by atoms with van der Waals surface area (Å²) in [5.41, 5.74) is 3.87. The third-order valence-electron chi connectivity index (χ3n) is 15.8. The van der Waals surface area contributed by atoms with Gasteiger partial charge in [-0.1, -0.05) is 57.0 Å². The summed E-state index contributed by atoms with van der Waals surface area (Å²) >= 11 is 1.57. The van der Waals surface area contributed by atoms with Crippen molar-refractivity contribution in [1.82, 2.24) is 45.7 Å². The number of phenolic OH excluding ortho intramolecular Hbond substituents is 1. The Hall–Kier alpha value is -6.89. The summed E-state index contributed by atoms with van der Waals surface area (Å²) in [6.07, 6.45) is 11.0. The number of β-amino-alcohol motifs (C(OH)–C–C–N with tert-alkyl or cyclic N) is 1. The predicted molar refractivity (Wildman–Crippen MR) is 298 cm³/mol. The third kappa shape index (κ3) is 12.0. The number of aromatic hydroxyl groups is 1. The lowest BCUT2D eigenvalue weighted by molar-refractivity contribution is -0.144. The summed E-state index contributed by atoms with van der Waals surface area (Å²) in [5.74, 6) is 0.119. The van der Waals surface area contributed by atoms with Gasteiger partial charge in [0.2, 0.25) is 17.7 Å². The van der Waals surface area contributed by atoms with Gasteiger partial charge in [-0.3, -0.25) is 24.3 Å². The quantitative estimate of drug-likeness (QED) is 0.0427. The normalized spacial score (nSPS) is 21.1. The minimum atomic E-state index is -0.965. The number of carbonyl (C=O) groups is 3. The number of rotatable bonds is 18. The number of phenols is 1. The van der Waals surface area contributed by atoms with E-state index in [1.54, 1.807) is 11.3 Å². The molecular formula is C59H68F2N10O7S. The van der Waals surface area contributed by atoms with Gasteiger partial charge in [0.1, 0.15) is 47.3 Å². The van der Waals surface area contributed by atoms with Gasteiger partial charge in [0.05, 0.1) is 45.8 Å². The fourth-order valence-electron chi connectivity index (χ4n) is 11.7. The smallest absolute Gasteiger partial charge is 0.319 e. The number of terminal acetylenes is 1. The van der Waals surface area contributed by atoms with Gasteiger partial charge in [0.15, 0.2) is 5.82 Å². The number of fused-ring (bicyclic) bond motifs is 4. The molecule has 4 aliphatic heterocycles. The lowest BCUT2D eigenvalue weighted by Gasteiger charge is -2.35. The Morgan fingerprint density at radius 1 is 1.00 bits per heavy atom. The van der Waals surface area contributed by atoms with E-state index in [9.17, 15) is 24.6 Å². The summed E-state index contributed by atoms with van der Waals surface area (Å²) < 4.78 is 44.5. The van der Waals surface area contributed by atoms with E-state index >= 15 is 8.78 Å². The summed E-state index contributed by atoms with van der Waals surface area (Å²) in [6.45, 7) is 13.0. The summed E-state index contributed by atoms with van der Waals surface area (Å²) in [4.78, 5) is 66.8. The van der Waals surface area contributed by atoms with Gasteiger partial charge in [-0.15, -0.1) is 17.8 Å². The van der Waals surface area contributed by atoms with Crippen molar-refractivity contribution in [2.45, 2.75) is 122 Å². The zero-order valence-electron chi connectivity index (χ0n) is 45.2. The number of likely N-dealkylation sites (tertiary alicyclic amines) is 2. The van der Waals surface area contributed by atoms with Crippen LogP contribution in [0.15, 0.2) is 60.2 Å². The Balaban J connectivity index is 0.734. The third-order valence-corrected chi connectivity index (χ3v) is 16.8. The molecule has 0 radical (unpaired) electrons. The molecule has 79 heavy (non-hydrogen) atoms. The van der Waals surface area contributed by atoms with Crippen LogP contribution in [0.5, 0.6) is 11.8 Å². The first-order valence-corrected chi connectivity index (χ1v) is 28.1. The highest BCUT2D eigenvalue weighted by molar-refractivity contribution is 7.13. The van der Waals surface area contributed by atoms with Gasteiger partial charge in [-0.05, 0) is 92.6 Å². The van der Waals surface area contributed by atoms with E-state index in [1.165, 1.54) is 35.4 Å². The van der Waals surface area contributed by atoms with E-state index in [4.69, 9.17) is 20.9 Å². The molecule has 3 amide bonds. The van der Waals surface area contributed by atoms with E-state index in [0.717, 1.165) is 53.9 Å². The number of anilines is 1. The fourth-order valence-corrected chi connectivity index (χ4v) is 12.5. The van der Waals surface area contributed by atoms with E-state index in [-0.39, 0.29) is 108 Å². The van der Waals surface area contributed by atoms with Crippen molar-refractivity contribution in [2.75, 3.05) is 57.4 Å². The molecule has 6 aromatic rings. The molecule has 4 fully saturated rings. The highest BCUT2D eigenvalue weighted by Gasteiger charge is 2.45. The molecule has 7 heterocycles. The molecule has 20 heteroatoms. The second kappa shape index (κ2) is 23.4. The van der Waals surface area contributed by atoms with Gasteiger partial charge in [-0.2, -0.15) is 9.97 Å². The van der Waals surface area contributed by atoms with E-state index in [0.29, 0.717) is 49.3 Å². The summed E-state index contributed by atoms with van der Waals surface area (Å²) in [6, 6.07) is 11.7. The van der Waals surface area contributed by atoms with Gasteiger partial charge in [0.25, 0.3) is 0 Å². The summed E-state index contributed by atoms with van der Waals surface area (Å²) in [5, 5.41) is 32.1. The SMILES string of the molecule is C#Cc1c(F)ccc2cc(O)cc(-c3ncc4c(N5CC6CCC(C5)N6)nc(OC[C@@H]5CCCN5CCCOCCC(=O)N[C@H](C(=O)N5C[C@H](O)C[C@H]5C(=O)N[C@@H](C)c5ccc(-c6scnc6C)cc5)C(C)(C)C)nc4c3F)c12. The lowest BCUT2D eigenvalue weighted by atomic mass is 9.85. The van der Waals surface area contributed by atoms with Gasteiger partial charge in [0, 0.05) is 80.9 Å². The second-order valence-electron chi connectivity index (χ2n) is 22.5. The number of aromatic nitrogens is 4. The fraction of sp³-hybridized carbons (Fsp3) is 0.475. The van der Waals surface area contributed by atoms with Gasteiger partial charge >= 0.3 is 6.01 Å². The number of nitrogens with zero attached hydrogens (tertiary/aromatic N) is 7. The molecule has 4 saturated heterocycles. The van der Waals surface area contributed by atoms with Crippen molar-refractivity contribution < 1.29 is 42.9 Å². The van der Waals surface area contributed by atoms with Gasteiger partial charge in [-0.25, -0.2) is 13.8 Å². The summed E-state index contributed by atoms with van der Waals surface area (Å²) in [7, 11) is 0. The van der Waals surface area contributed by atoms with Crippen LogP contribution >= 0.6 is 11.3 Å². The number of nitrogens with one attached hydrogen (secondary N) is 3. The average molecular weight is 1100 g/mol. The van der Waals surface area contributed by atoms with Crippen LogP contribution in [0.4, 0.5) is 14.6 Å². The number of aliphatic hydroxyl groups is 1. The number of amides is 3. The zero-order chi connectivity index (χ0) is 55.7. The molecule has 7 atom stereocenters. The first-order chi connectivity index (χ1) is 37.9. The van der Waals surface area contributed by atoms with Crippen molar-refractivity contribution in [3.05, 3.63) is 88.7 Å². The molecule has 0 aliphatic carbocycles. The number of benzene rings is 3. The van der Waals surface area contributed by atoms with Crippen molar-refractivity contribution in [1.29, 1.82) is 0 Å². The maximum atomic E-state index is 17.1. The number of piperazine rings is 1. The number of hydrogen-bond acceptors (Lipinski definition) is 15. The molecule has 4 aliphatic rings. The first-order valence-electron chi connectivity index (χ1n) is 27.3. The van der Waals surface area contributed by atoms with Crippen LogP contribution in [0, 0.1) is 36.3 Å². The standard InChI is InChI=1S/C59H68F2N10O7S/c1-7-43-46(60)18-15-37-24-41(72)25-44(49(37)43)51-50(61)52-45(27-62-51)55(70-28-38-16-17-39(29-70)65-38)68-58(67-52)78-31-40-10-8-20-69(40)21-9-22-77-23-19-48(74)66-54(59(4,5)6)57(76)71-30-42(73)26-47(71)56(75)64-33(2)35-11-13-36(14-12-35)53-34(3)63-32-79-53/h1,11-15,18,24-25,27,32-33,38-40,42,47,54,65,72-73H,8-10,16-17,19-23,26,28-31H2,2-6H3,(H,64,75)(H,66,74)/t33-,38?,39?,40-,42+,47-,54+/m0/s1. The van der Waals surface area contributed by atoms with Crippen molar-refractivity contribution >= 4 is 56.6 Å². The Labute approximate surface area is 462 Å². The molecule has 3 aromatic heterocycles. The topological polar surface area (TPSA) is 208 Å². The largest absolute Gasteiger partial charge is 0.508 e. The Morgan fingerprint density at radius 2 is 1.77 bits per heavy atom. The monoisotopic (exact) mass is 1100 g/mol. The van der Waals surface area contributed by atoms with Crippen molar-refractivity contribution in [2.24, 2.45) is 5.41 Å². The Bertz CT molecular complexity index is 3280. The van der Waals surface area contributed by atoms with Crippen LogP contribution < -0.4 is 25.6 Å². The molecule has 2 bridgehead atoms. The Morgan fingerprint density at radius 3 is 2.49 bits per heavy atom. The average Bonchev–Trinajstić information content (AvgIpc) is 4.39. The van der Waals surface area contributed by atoms with Crippen LogP contribution in [-0.2, 0) is 19.1 Å². The van der Waals surface area contributed by atoms with Crippen LogP contribution in [0.25, 0.3) is 43.4 Å². The first kappa shape index (κ1) is 55.4. The number of thiazole rings is 1. The van der Waals surface area contributed by atoms with Crippen LogP contribution in [0.1, 0.15) is 95.5 Å². The Kier molecular flexibility index (Phi) is 16.4. The van der Waals surface area contributed by atoms with Crippen LogP contribution in [0.3, 0.4) is 0 Å². The van der Waals surface area contributed by atoms with Crippen molar-refractivity contribution in [3.8, 4) is 45.8 Å². The van der Waals surface area contributed by atoms with Gasteiger partial charge < -0.3 is 45.4 Å². The number of aryl methyl sites for hydroxylation is 1. The van der Waals surface area contributed by atoms with Crippen molar-refractivity contribution in [3.63, 3.8) is 0 Å². The lowest BCUT2D eigenvalue weighted by Crippen LogP contribution is -2.58. The molecule has 3 aromatic carbocycles. The molecule has 0 spiro atoms. The highest BCUT2D eigenvalue weighted by Crippen LogP contribution is 2.40. The maximum Gasteiger partial charge on any atom is 0.319 e. The second-order valence-corrected chi connectivity index (χ2v) is 23.3. The van der Waals surface area contributed by atoms with E-state index in [2.05, 4.69) is 46.6 Å². The molecule has 0 saturated carbocycles. The zero-order valence-corrected chi connectivity index (χ0v) is 46.0. The number of carbonyl (C=O) groups excluding carboxylic acids is 3. The molecule has 5 N–H and O–H groups in total. The van der Waals surface area contributed by atoms with E-state index in [1.807, 2.05) is 64.4 Å². The molecule has 416 valence electrons. The number of halogens is 2. The minimum Gasteiger partial charge on any atom is -0.508 e. The van der Waals surface area contributed by atoms with E-state index < -0.39 is 41.1 Å². The minimum absolute atomic E-state index is 0.0126. The van der Waals surface area contributed by atoms with Crippen LogP contribution in [0.2, 0.25) is 0 Å². The number of hydrogen-bond donors (Lipinski definition) is 5. The molecular weight excluding hydrogens is 1030 g/mol. The maximum absolute atomic E-state index is 17.1. The number of ether oxygens (including phenoxy) is 2. The molecule has 2 unspecified atom stereocenters. The molecule has 17 nitrogen and oxygen atoms in total. The number of pyridine rings is 1. The number of aliphatic hydroxyl groups excluding tert-OH is 1. The highest BCUT2D eigenvalue weighted by atomic mass is 32.1. The van der Waals surface area contributed by atoms with Crippen LogP contribution in [-0.4, -0.2) is 147 Å². The molecule has 10 rings (SSSR count). The predicted octanol–water partition coefficient (Wildman–Crippen LogP) is 7.19.